The molecule has 1 aliphatic heterocycles. The van der Waals surface area contributed by atoms with Crippen molar-refractivity contribution in [2.75, 3.05) is 20.2 Å². The van der Waals surface area contributed by atoms with E-state index in [0.29, 0.717) is 31.2 Å². The van der Waals surface area contributed by atoms with E-state index in [1.165, 1.54) is 0 Å². The van der Waals surface area contributed by atoms with Crippen molar-refractivity contribution >= 4 is 5.91 Å². The van der Waals surface area contributed by atoms with Gasteiger partial charge in [-0.05, 0) is 35.7 Å². The SMILES string of the molecule is COc1ccc(CC(=O)N2C[C@H](c3nc(-c4cccnc4)no3)[C@@H](C)C2)cc1. The summed E-state index contributed by atoms with van der Waals surface area (Å²) < 4.78 is 10.7. The Labute approximate surface area is 163 Å². The maximum Gasteiger partial charge on any atom is 0.232 e. The standard InChI is InChI=1S/C21H22N4O3/c1-14-12-25(19(26)10-15-5-7-17(27-2)8-6-15)13-18(14)21-23-20(24-28-21)16-4-3-9-22-11-16/h3-9,11,14,18H,10,12-13H2,1-2H3/t14-,18-/m0/s1. The van der Waals surface area contributed by atoms with Crippen LogP contribution in [0.15, 0.2) is 53.3 Å². The molecule has 7 heteroatoms. The first kappa shape index (κ1) is 18.2. The van der Waals surface area contributed by atoms with E-state index in [2.05, 4.69) is 22.0 Å². The number of benzene rings is 1. The van der Waals surface area contributed by atoms with Gasteiger partial charge in [-0.2, -0.15) is 4.98 Å². The van der Waals surface area contributed by atoms with Crippen LogP contribution in [0.4, 0.5) is 0 Å². The first-order valence-corrected chi connectivity index (χ1v) is 9.28. The van der Waals surface area contributed by atoms with Gasteiger partial charge in [-0.3, -0.25) is 9.78 Å². The highest BCUT2D eigenvalue weighted by atomic mass is 16.5. The molecule has 1 fully saturated rings. The topological polar surface area (TPSA) is 81.4 Å². The molecule has 3 heterocycles. The average molecular weight is 378 g/mol. The van der Waals surface area contributed by atoms with Crippen molar-refractivity contribution in [3.63, 3.8) is 0 Å². The van der Waals surface area contributed by atoms with Gasteiger partial charge >= 0.3 is 0 Å². The number of methoxy groups -OCH3 is 1. The lowest BCUT2D eigenvalue weighted by atomic mass is 9.98. The van der Waals surface area contributed by atoms with Crippen LogP contribution in [0.2, 0.25) is 0 Å². The molecule has 4 rings (SSSR count). The second-order valence-corrected chi connectivity index (χ2v) is 7.11. The number of nitrogens with zero attached hydrogens (tertiary/aromatic N) is 4. The van der Waals surface area contributed by atoms with Crippen LogP contribution in [0, 0.1) is 5.92 Å². The Bertz CT molecular complexity index is 940. The molecule has 7 nitrogen and oxygen atoms in total. The zero-order valence-corrected chi connectivity index (χ0v) is 15.9. The van der Waals surface area contributed by atoms with Crippen LogP contribution >= 0.6 is 0 Å². The number of ether oxygens (including phenoxy) is 1. The maximum absolute atomic E-state index is 12.7. The van der Waals surface area contributed by atoms with E-state index >= 15 is 0 Å². The van der Waals surface area contributed by atoms with Crippen molar-refractivity contribution in [2.45, 2.75) is 19.3 Å². The van der Waals surface area contributed by atoms with E-state index in [1.54, 1.807) is 19.5 Å². The molecule has 2 aromatic heterocycles. The lowest BCUT2D eigenvalue weighted by molar-refractivity contribution is -0.129. The summed E-state index contributed by atoms with van der Waals surface area (Å²) in [4.78, 5) is 23.2. The molecule has 1 amide bonds. The third-order valence-corrected chi connectivity index (χ3v) is 5.16. The van der Waals surface area contributed by atoms with Gasteiger partial charge < -0.3 is 14.2 Å². The molecule has 1 saturated heterocycles. The lowest BCUT2D eigenvalue weighted by Crippen LogP contribution is -2.30. The highest BCUT2D eigenvalue weighted by molar-refractivity contribution is 5.79. The molecule has 1 aliphatic rings. The van der Waals surface area contributed by atoms with Crippen LogP contribution in [0.5, 0.6) is 5.75 Å². The molecular weight excluding hydrogens is 356 g/mol. The highest BCUT2D eigenvalue weighted by Crippen LogP contribution is 2.32. The van der Waals surface area contributed by atoms with Crippen LogP contribution in [-0.4, -0.2) is 46.1 Å². The van der Waals surface area contributed by atoms with Crippen molar-refractivity contribution in [1.82, 2.24) is 20.0 Å². The van der Waals surface area contributed by atoms with Gasteiger partial charge in [-0.15, -0.1) is 0 Å². The highest BCUT2D eigenvalue weighted by Gasteiger charge is 2.36. The summed E-state index contributed by atoms with van der Waals surface area (Å²) in [6.07, 6.45) is 3.78. The number of carbonyl (C=O) groups excluding carboxylic acids is 1. The summed E-state index contributed by atoms with van der Waals surface area (Å²) in [5.41, 5.74) is 1.79. The van der Waals surface area contributed by atoms with E-state index in [0.717, 1.165) is 16.9 Å². The molecule has 0 spiro atoms. The Morgan fingerprint density at radius 1 is 1.25 bits per heavy atom. The van der Waals surface area contributed by atoms with Crippen molar-refractivity contribution in [2.24, 2.45) is 5.92 Å². The predicted octanol–water partition coefficient (Wildman–Crippen LogP) is 2.94. The molecule has 1 aromatic carbocycles. The largest absolute Gasteiger partial charge is 0.497 e. The fraction of sp³-hybridized carbons (Fsp3) is 0.333. The third-order valence-electron chi connectivity index (χ3n) is 5.16. The molecular formula is C21H22N4O3. The van der Waals surface area contributed by atoms with Crippen molar-refractivity contribution < 1.29 is 14.1 Å². The van der Waals surface area contributed by atoms with Crippen LogP contribution < -0.4 is 4.74 Å². The van der Waals surface area contributed by atoms with E-state index < -0.39 is 0 Å². The fourth-order valence-electron chi connectivity index (χ4n) is 3.52. The Hall–Kier alpha value is -3.22. The maximum atomic E-state index is 12.7. The van der Waals surface area contributed by atoms with Gasteiger partial charge in [0, 0.05) is 31.0 Å². The summed E-state index contributed by atoms with van der Waals surface area (Å²) in [5, 5.41) is 4.08. The quantitative estimate of drug-likeness (QED) is 0.679. The second kappa shape index (κ2) is 7.80. The summed E-state index contributed by atoms with van der Waals surface area (Å²) in [5.74, 6) is 2.28. The van der Waals surface area contributed by atoms with Gasteiger partial charge in [0.05, 0.1) is 19.4 Å². The number of hydrogen-bond acceptors (Lipinski definition) is 6. The van der Waals surface area contributed by atoms with E-state index in [4.69, 9.17) is 9.26 Å². The number of carbonyl (C=O) groups is 1. The van der Waals surface area contributed by atoms with Gasteiger partial charge in [0.15, 0.2) is 0 Å². The monoisotopic (exact) mass is 378 g/mol. The zero-order valence-electron chi connectivity index (χ0n) is 15.9. The van der Waals surface area contributed by atoms with Crippen LogP contribution in [0.1, 0.15) is 24.3 Å². The van der Waals surface area contributed by atoms with Crippen molar-refractivity contribution in [3.05, 3.63) is 60.2 Å². The fourth-order valence-corrected chi connectivity index (χ4v) is 3.52. The third kappa shape index (κ3) is 3.74. The summed E-state index contributed by atoms with van der Waals surface area (Å²) in [6.45, 7) is 3.38. The number of likely N-dealkylation sites (tertiary alicyclic amines) is 1. The van der Waals surface area contributed by atoms with Gasteiger partial charge in [-0.25, -0.2) is 0 Å². The molecule has 28 heavy (non-hydrogen) atoms. The summed E-state index contributed by atoms with van der Waals surface area (Å²) in [7, 11) is 1.63. The van der Waals surface area contributed by atoms with E-state index in [1.807, 2.05) is 41.3 Å². The van der Waals surface area contributed by atoms with E-state index in [-0.39, 0.29) is 17.7 Å². The number of pyridine rings is 1. The molecule has 0 bridgehead atoms. The first-order chi connectivity index (χ1) is 13.6. The number of rotatable bonds is 5. The van der Waals surface area contributed by atoms with Crippen LogP contribution in [-0.2, 0) is 11.2 Å². The minimum atomic E-state index is 0.0396. The Kier molecular flexibility index (Phi) is 5.06. The lowest BCUT2D eigenvalue weighted by Gasteiger charge is -2.16. The Balaban J connectivity index is 1.42. The molecule has 0 unspecified atom stereocenters. The number of hydrogen-bond donors (Lipinski definition) is 0. The van der Waals surface area contributed by atoms with Gasteiger partial charge in [0.25, 0.3) is 0 Å². The molecule has 2 atom stereocenters. The molecule has 0 saturated carbocycles. The van der Waals surface area contributed by atoms with Gasteiger partial charge in [0.1, 0.15) is 5.75 Å². The Morgan fingerprint density at radius 3 is 2.79 bits per heavy atom. The Morgan fingerprint density at radius 2 is 2.07 bits per heavy atom. The number of amides is 1. The zero-order chi connectivity index (χ0) is 19.5. The minimum absolute atomic E-state index is 0.0396. The second-order valence-electron chi connectivity index (χ2n) is 7.11. The average Bonchev–Trinajstić information content (AvgIpc) is 3.36. The molecule has 0 radical (unpaired) electrons. The summed E-state index contributed by atoms with van der Waals surface area (Å²) in [6, 6.07) is 11.3. The smallest absolute Gasteiger partial charge is 0.232 e. The summed E-state index contributed by atoms with van der Waals surface area (Å²) >= 11 is 0. The molecule has 0 N–H and O–H groups in total. The minimum Gasteiger partial charge on any atom is -0.497 e. The van der Waals surface area contributed by atoms with Crippen molar-refractivity contribution in [1.29, 1.82) is 0 Å². The first-order valence-electron chi connectivity index (χ1n) is 9.28. The van der Waals surface area contributed by atoms with Gasteiger partial charge in [0.2, 0.25) is 17.6 Å². The molecule has 144 valence electrons. The molecule has 0 aliphatic carbocycles. The predicted molar refractivity (Wildman–Crippen MR) is 103 cm³/mol. The molecule has 3 aromatic rings. The normalized spacial score (nSPS) is 19.0. The van der Waals surface area contributed by atoms with Crippen LogP contribution in [0.3, 0.4) is 0 Å². The van der Waals surface area contributed by atoms with E-state index in [9.17, 15) is 4.79 Å². The van der Waals surface area contributed by atoms with Crippen LogP contribution in [0.25, 0.3) is 11.4 Å². The van der Waals surface area contributed by atoms with Crippen molar-refractivity contribution in [3.8, 4) is 17.1 Å². The number of aromatic nitrogens is 3. The van der Waals surface area contributed by atoms with Gasteiger partial charge in [-0.1, -0.05) is 24.2 Å².